The molecule has 4 aromatic rings. The Bertz CT molecular complexity index is 1160. The molecule has 2 aromatic heterocycles. The first-order chi connectivity index (χ1) is 13.1. The second-order valence-electron chi connectivity index (χ2n) is 6.42. The van der Waals surface area contributed by atoms with Gasteiger partial charge in [0.1, 0.15) is 5.75 Å². The third-order valence-corrected chi connectivity index (χ3v) is 4.81. The van der Waals surface area contributed by atoms with Gasteiger partial charge in [0.2, 0.25) is 0 Å². The summed E-state index contributed by atoms with van der Waals surface area (Å²) in [4.78, 5) is 13.2. The molecule has 0 spiro atoms. The van der Waals surface area contributed by atoms with Gasteiger partial charge < -0.3 is 9.30 Å². The summed E-state index contributed by atoms with van der Waals surface area (Å²) < 4.78 is 9.02. The first-order valence-electron chi connectivity index (χ1n) is 9.00. The molecule has 0 saturated heterocycles. The van der Waals surface area contributed by atoms with Crippen LogP contribution in [0, 0.1) is 13.8 Å². The van der Waals surface area contributed by atoms with Crippen LogP contribution in [0.5, 0.6) is 5.75 Å². The zero-order valence-corrected chi connectivity index (χ0v) is 15.6. The summed E-state index contributed by atoms with van der Waals surface area (Å²) in [6.45, 7) is 6.54. The van der Waals surface area contributed by atoms with Crippen LogP contribution in [-0.4, -0.2) is 21.0 Å². The van der Waals surface area contributed by atoms with Crippen molar-refractivity contribution in [1.29, 1.82) is 0 Å². The largest absolute Gasteiger partial charge is 0.494 e. The van der Waals surface area contributed by atoms with E-state index in [0.717, 1.165) is 33.9 Å². The number of hydrogen-bond donors (Lipinski definition) is 0. The van der Waals surface area contributed by atoms with Crippen molar-refractivity contribution < 1.29 is 4.74 Å². The Balaban J connectivity index is 1.90. The number of rotatable bonds is 4. The molecule has 0 radical (unpaired) electrons. The van der Waals surface area contributed by atoms with Gasteiger partial charge in [-0.25, -0.2) is 0 Å². The molecule has 2 heterocycles. The maximum atomic E-state index is 13.2. The van der Waals surface area contributed by atoms with Gasteiger partial charge in [0.05, 0.1) is 23.9 Å². The number of aryl methyl sites for hydroxylation is 2. The van der Waals surface area contributed by atoms with Gasteiger partial charge in [-0.15, -0.1) is 0 Å². The Hall–Kier alpha value is -3.34. The van der Waals surface area contributed by atoms with Crippen LogP contribution in [0.4, 0.5) is 0 Å². The lowest BCUT2D eigenvalue weighted by Gasteiger charge is -2.08. The van der Waals surface area contributed by atoms with E-state index in [4.69, 9.17) is 4.74 Å². The lowest BCUT2D eigenvalue weighted by molar-refractivity contribution is 0.340. The predicted octanol–water partition coefficient (Wildman–Crippen LogP) is 4.19. The highest BCUT2D eigenvalue weighted by atomic mass is 16.5. The van der Waals surface area contributed by atoms with Crippen molar-refractivity contribution in [2.24, 2.45) is 0 Å². The average molecular weight is 359 g/mol. The van der Waals surface area contributed by atoms with Crippen LogP contribution in [0.3, 0.4) is 0 Å². The highest BCUT2D eigenvalue weighted by Gasteiger charge is 2.17. The van der Waals surface area contributed by atoms with Gasteiger partial charge in [-0.05, 0) is 57.2 Å². The lowest BCUT2D eigenvalue weighted by atomic mass is 10.2. The number of fused-ring (bicyclic) bond motifs is 1. The molecule has 0 unspecified atom stereocenters. The van der Waals surface area contributed by atoms with Crippen molar-refractivity contribution in [2.75, 3.05) is 6.61 Å². The normalized spacial score (nSPS) is 11.1. The van der Waals surface area contributed by atoms with Gasteiger partial charge in [0.15, 0.2) is 0 Å². The van der Waals surface area contributed by atoms with Crippen LogP contribution < -0.4 is 10.3 Å². The molecule has 136 valence electrons. The number of hydrogen-bond acceptors (Lipinski definition) is 3. The van der Waals surface area contributed by atoms with Crippen LogP contribution >= 0.6 is 0 Å². The highest BCUT2D eigenvalue weighted by molar-refractivity contribution is 5.88. The zero-order chi connectivity index (χ0) is 19.0. The van der Waals surface area contributed by atoms with E-state index in [9.17, 15) is 4.79 Å². The molecular weight excluding hydrogens is 338 g/mol. The van der Waals surface area contributed by atoms with E-state index in [0.29, 0.717) is 12.0 Å². The Morgan fingerprint density at radius 3 is 2.30 bits per heavy atom. The summed E-state index contributed by atoms with van der Waals surface area (Å²) >= 11 is 0. The van der Waals surface area contributed by atoms with Gasteiger partial charge >= 0.3 is 0 Å². The molecule has 5 heteroatoms. The topological polar surface area (TPSA) is 49.0 Å². The molecule has 5 nitrogen and oxygen atoms in total. The maximum absolute atomic E-state index is 13.2. The molecular formula is C22H21N3O2. The minimum Gasteiger partial charge on any atom is -0.494 e. The number of benzene rings is 2. The fraction of sp³-hybridized carbons (Fsp3) is 0.182. The van der Waals surface area contributed by atoms with E-state index in [1.165, 1.54) is 4.68 Å². The van der Waals surface area contributed by atoms with Crippen LogP contribution in [0.25, 0.3) is 22.1 Å². The van der Waals surface area contributed by atoms with Crippen molar-refractivity contribution in [1.82, 2.24) is 14.3 Å². The van der Waals surface area contributed by atoms with E-state index < -0.39 is 0 Å². The van der Waals surface area contributed by atoms with Gasteiger partial charge in [0, 0.05) is 22.5 Å². The van der Waals surface area contributed by atoms with Crippen molar-refractivity contribution in [3.63, 3.8) is 0 Å². The third kappa shape index (κ3) is 2.81. The van der Waals surface area contributed by atoms with E-state index >= 15 is 0 Å². The molecule has 0 amide bonds. The standard InChI is InChI=1S/C22H21N3O2/c1-4-27-19-12-10-18(11-13-19)25-22(26)21-16(3)24(15(2)20(21)14-23-25)17-8-6-5-7-9-17/h5-14H,4H2,1-3H3. The molecule has 2 aromatic carbocycles. The van der Waals surface area contributed by atoms with E-state index in [1.54, 1.807) is 6.20 Å². The fourth-order valence-electron chi connectivity index (χ4n) is 3.56. The third-order valence-electron chi connectivity index (χ3n) is 4.81. The van der Waals surface area contributed by atoms with Crippen LogP contribution in [0.1, 0.15) is 18.3 Å². The molecule has 4 rings (SSSR count). The molecule has 0 bridgehead atoms. The first-order valence-corrected chi connectivity index (χ1v) is 9.00. The summed E-state index contributed by atoms with van der Waals surface area (Å²) in [6.07, 6.45) is 1.77. The number of ether oxygens (including phenoxy) is 1. The molecule has 0 atom stereocenters. The Morgan fingerprint density at radius 1 is 0.926 bits per heavy atom. The summed E-state index contributed by atoms with van der Waals surface area (Å²) in [5.74, 6) is 0.776. The van der Waals surface area contributed by atoms with Gasteiger partial charge in [0.25, 0.3) is 5.56 Å². The van der Waals surface area contributed by atoms with Gasteiger partial charge in [-0.1, -0.05) is 18.2 Å². The van der Waals surface area contributed by atoms with Crippen molar-refractivity contribution in [2.45, 2.75) is 20.8 Å². The molecule has 0 aliphatic heterocycles. The highest BCUT2D eigenvalue weighted by Crippen LogP contribution is 2.26. The second kappa shape index (κ2) is 6.76. The van der Waals surface area contributed by atoms with E-state index in [-0.39, 0.29) is 5.56 Å². The quantitative estimate of drug-likeness (QED) is 0.549. The maximum Gasteiger partial charge on any atom is 0.281 e. The Morgan fingerprint density at radius 2 is 1.63 bits per heavy atom. The van der Waals surface area contributed by atoms with Gasteiger partial charge in [-0.2, -0.15) is 9.78 Å². The van der Waals surface area contributed by atoms with Crippen molar-refractivity contribution in [3.05, 3.63) is 82.5 Å². The monoisotopic (exact) mass is 359 g/mol. The van der Waals surface area contributed by atoms with Crippen LogP contribution in [0.2, 0.25) is 0 Å². The summed E-state index contributed by atoms with van der Waals surface area (Å²) in [6, 6.07) is 17.5. The molecule has 27 heavy (non-hydrogen) atoms. The van der Waals surface area contributed by atoms with E-state index in [2.05, 4.69) is 9.67 Å². The number of nitrogens with zero attached hydrogens (tertiary/aromatic N) is 3. The molecule has 0 aliphatic rings. The zero-order valence-electron chi connectivity index (χ0n) is 15.6. The average Bonchev–Trinajstić information content (AvgIpc) is 2.95. The van der Waals surface area contributed by atoms with Crippen molar-refractivity contribution in [3.8, 4) is 17.1 Å². The summed E-state index contributed by atoms with van der Waals surface area (Å²) in [5.41, 5.74) is 3.57. The fourth-order valence-corrected chi connectivity index (χ4v) is 3.56. The Kier molecular flexibility index (Phi) is 4.28. The minimum absolute atomic E-state index is 0.119. The second-order valence-corrected chi connectivity index (χ2v) is 6.42. The van der Waals surface area contributed by atoms with Gasteiger partial charge in [-0.3, -0.25) is 4.79 Å². The molecule has 0 saturated carbocycles. The molecule has 0 N–H and O–H groups in total. The van der Waals surface area contributed by atoms with E-state index in [1.807, 2.05) is 75.4 Å². The Labute approximate surface area is 157 Å². The molecule has 0 fully saturated rings. The summed E-state index contributed by atoms with van der Waals surface area (Å²) in [5, 5.41) is 5.98. The first kappa shape index (κ1) is 17.1. The number of para-hydroxylation sites is 1. The van der Waals surface area contributed by atoms with Crippen LogP contribution in [0.15, 0.2) is 65.6 Å². The minimum atomic E-state index is -0.119. The summed E-state index contributed by atoms with van der Waals surface area (Å²) in [7, 11) is 0. The predicted molar refractivity (Wildman–Crippen MR) is 107 cm³/mol. The van der Waals surface area contributed by atoms with Crippen LogP contribution in [-0.2, 0) is 0 Å². The number of aromatic nitrogens is 3. The SMILES string of the molecule is CCOc1ccc(-n2ncc3c(C)n(-c4ccccc4)c(C)c3c2=O)cc1. The lowest BCUT2D eigenvalue weighted by Crippen LogP contribution is -2.21. The molecule has 0 aliphatic carbocycles. The van der Waals surface area contributed by atoms with Crippen molar-refractivity contribution >= 4 is 10.8 Å². The smallest absolute Gasteiger partial charge is 0.281 e.